The van der Waals surface area contributed by atoms with Crippen LogP contribution < -0.4 is 4.90 Å². The second kappa shape index (κ2) is 9.93. The number of rotatable bonds is 4. The Balaban J connectivity index is 0.00000131. The molecule has 0 amide bonds. The van der Waals surface area contributed by atoms with Crippen LogP contribution in [0.2, 0.25) is 0 Å². The molecule has 0 spiro atoms. The lowest BCUT2D eigenvalue weighted by Crippen LogP contribution is -2.46. The summed E-state index contributed by atoms with van der Waals surface area (Å²) < 4.78 is 0. The van der Waals surface area contributed by atoms with E-state index in [1.165, 1.54) is 29.5 Å². The summed E-state index contributed by atoms with van der Waals surface area (Å²) in [6.07, 6.45) is 1.23. The normalized spacial score (nSPS) is 14.5. The van der Waals surface area contributed by atoms with Crippen molar-refractivity contribution >= 4 is 41.5 Å². The first-order valence-electron chi connectivity index (χ1n) is 9.27. The van der Waals surface area contributed by atoms with Crippen LogP contribution in [0.1, 0.15) is 13.3 Å². The van der Waals surface area contributed by atoms with Crippen molar-refractivity contribution in [1.29, 1.82) is 0 Å². The van der Waals surface area contributed by atoms with Gasteiger partial charge in [-0.1, -0.05) is 55.5 Å². The predicted octanol–water partition coefficient (Wildman–Crippen LogP) is 5.28. The number of hydrogen-bond donors (Lipinski definition) is 0. The molecule has 0 bridgehead atoms. The highest BCUT2D eigenvalue weighted by Crippen LogP contribution is 2.31. The maximum Gasteiger partial charge on any atom is 0.129 e. The topological polar surface area (TPSA) is 19.4 Å². The van der Waals surface area contributed by atoms with E-state index in [-0.39, 0.29) is 24.8 Å². The SMILES string of the molecule is CCCN1CCN(c2cc(-c3ccccc3)c3ccccc3n2)CC1.Cl.Cl. The molecule has 3 nitrogen and oxygen atoms in total. The average molecular weight is 404 g/mol. The van der Waals surface area contributed by atoms with Crippen molar-refractivity contribution < 1.29 is 0 Å². The summed E-state index contributed by atoms with van der Waals surface area (Å²) in [5.74, 6) is 1.11. The number of hydrogen-bond acceptors (Lipinski definition) is 3. The van der Waals surface area contributed by atoms with Gasteiger partial charge in [-0.2, -0.15) is 0 Å². The number of piperazine rings is 1. The van der Waals surface area contributed by atoms with Gasteiger partial charge in [0.25, 0.3) is 0 Å². The Morgan fingerprint density at radius 3 is 2.22 bits per heavy atom. The third-order valence-corrected chi connectivity index (χ3v) is 5.02. The van der Waals surface area contributed by atoms with Crippen molar-refractivity contribution in [3.05, 3.63) is 60.7 Å². The molecular weight excluding hydrogens is 377 g/mol. The van der Waals surface area contributed by atoms with Crippen molar-refractivity contribution in [3.63, 3.8) is 0 Å². The maximum absolute atomic E-state index is 4.96. The van der Waals surface area contributed by atoms with Gasteiger partial charge in [0, 0.05) is 31.6 Å². The molecule has 4 rings (SSSR count). The van der Waals surface area contributed by atoms with E-state index in [2.05, 4.69) is 77.4 Å². The van der Waals surface area contributed by atoms with Crippen molar-refractivity contribution in [2.45, 2.75) is 13.3 Å². The molecule has 1 aliphatic heterocycles. The molecule has 1 saturated heterocycles. The highest BCUT2D eigenvalue weighted by atomic mass is 35.5. The molecule has 1 fully saturated rings. The van der Waals surface area contributed by atoms with E-state index in [1.54, 1.807) is 0 Å². The van der Waals surface area contributed by atoms with Crippen LogP contribution in [-0.4, -0.2) is 42.6 Å². The number of fused-ring (bicyclic) bond motifs is 1. The number of aromatic nitrogens is 1. The second-order valence-corrected chi connectivity index (χ2v) is 6.74. The van der Waals surface area contributed by atoms with E-state index in [9.17, 15) is 0 Å². The quantitative estimate of drug-likeness (QED) is 0.590. The van der Waals surface area contributed by atoms with Crippen LogP contribution >= 0.6 is 24.8 Å². The molecule has 2 heterocycles. The van der Waals surface area contributed by atoms with Crippen LogP contribution in [0.4, 0.5) is 5.82 Å². The monoisotopic (exact) mass is 403 g/mol. The minimum absolute atomic E-state index is 0. The smallest absolute Gasteiger partial charge is 0.129 e. The van der Waals surface area contributed by atoms with Crippen molar-refractivity contribution in [2.24, 2.45) is 0 Å². The van der Waals surface area contributed by atoms with Crippen LogP contribution in [0, 0.1) is 0 Å². The molecule has 27 heavy (non-hydrogen) atoms. The maximum atomic E-state index is 4.96. The Hall–Kier alpha value is -1.81. The molecule has 144 valence electrons. The zero-order valence-electron chi connectivity index (χ0n) is 15.7. The van der Waals surface area contributed by atoms with Gasteiger partial charge in [0.15, 0.2) is 0 Å². The van der Waals surface area contributed by atoms with E-state index in [4.69, 9.17) is 4.98 Å². The highest BCUT2D eigenvalue weighted by Gasteiger charge is 2.19. The molecular formula is C22H27Cl2N3. The summed E-state index contributed by atoms with van der Waals surface area (Å²) in [6, 6.07) is 21.4. The number of nitrogens with zero attached hydrogens (tertiary/aromatic N) is 3. The van der Waals surface area contributed by atoms with Crippen molar-refractivity contribution in [3.8, 4) is 11.1 Å². The van der Waals surface area contributed by atoms with Gasteiger partial charge in [0.2, 0.25) is 0 Å². The summed E-state index contributed by atoms with van der Waals surface area (Å²) in [5, 5.41) is 1.22. The van der Waals surface area contributed by atoms with Gasteiger partial charge < -0.3 is 4.90 Å². The van der Waals surface area contributed by atoms with E-state index < -0.39 is 0 Å². The molecule has 0 N–H and O–H groups in total. The van der Waals surface area contributed by atoms with E-state index in [0.29, 0.717) is 0 Å². The summed E-state index contributed by atoms with van der Waals surface area (Å²) >= 11 is 0. The lowest BCUT2D eigenvalue weighted by atomic mass is 10.0. The molecule has 2 aromatic carbocycles. The average Bonchev–Trinajstić information content (AvgIpc) is 2.69. The van der Waals surface area contributed by atoms with Crippen LogP contribution in [0.25, 0.3) is 22.0 Å². The summed E-state index contributed by atoms with van der Waals surface area (Å²) in [4.78, 5) is 9.95. The van der Waals surface area contributed by atoms with Gasteiger partial charge in [-0.25, -0.2) is 4.98 Å². The first-order chi connectivity index (χ1) is 12.3. The minimum atomic E-state index is 0. The van der Waals surface area contributed by atoms with Crippen LogP contribution in [0.3, 0.4) is 0 Å². The van der Waals surface area contributed by atoms with Gasteiger partial charge in [-0.15, -0.1) is 24.8 Å². The van der Waals surface area contributed by atoms with Crippen LogP contribution in [0.15, 0.2) is 60.7 Å². The Bertz CT molecular complexity index is 847. The Morgan fingerprint density at radius 1 is 0.852 bits per heavy atom. The molecule has 0 unspecified atom stereocenters. The summed E-state index contributed by atoms with van der Waals surface area (Å²) in [6.45, 7) is 7.82. The van der Waals surface area contributed by atoms with E-state index in [0.717, 1.165) is 37.5 Å². The highest BCUT2D eigenvalue weighted by molar-refractivity contribution is 5.96. The fourth-order valence-corrected chi connectivity index (χ4v) is 3.70. The molecule has 3 aromatic rings. The molecule has 1 aromatic heterocycles. The summed E-state index contributed by atoms with van der Waals surface area (Å²) in [5.41, 5.74) is 3.61. The first kappa shape index (κ1) is 21.5. The van der Waals surface area contributed by atoms with Gasteiger partial charge >= 0.3 is 0 Å². The molecule has 5 heteroatoms. The van der Waals surface area contributed by atoms with E-state index >= 15 is 0 Å². The molecule has 1 aliphatic rings. The van der Waals surface area contributed by atoms with Gasteiger partial charge in [0.1, 0.15) is 5.82 Å². The molecule has 0 radical (unpaired) electrons. The number of anilines is 1. The minimum Gasteiger partial charge on any atom is -0.354 e. The fraction of sp³-hybridized carbons (Fsp3) is 0.318. The Kier molecular flexibility index (Phi) is 7.91. The number of pyridine rings is 1. The van der Waals surface area contributed by atoms with Gasteiger partial charge in [0.05, 0.1) is 5.52 Å². The zero-order chi connectivity index (χ0) is 17.1. The van der Waals surface area contributed by atoms with Gasteiger partial charge in [-0.3, -0.25) is 4.90 Å². The lowest BCUT2D eigenvalue weighted by molar-refractivity contribution is 0.258. The number of halogens is 2. The number of para-hydroxylation sites is 1. The van der Waals surface area contributed by atoms with Crippen molar-refractivity contribution in [1.82, 2.24) is 9.88 Å². The number of benzene rings is 2. The van der Waals surface area contributed by atoms with Gasteiger partial charge in [-0.05, 0) is 36.2 Å². The first-order valence-corrected chi connectivity index (χ1v) is 9.27. The zero-order valence-corrected chi connectivity index (χ0v) is 17.3. The predicted molar refractivity (Wildman–Crippen MR) is 121 cm³/mol. The molecule has 0 aliphatic carbocycles. The third-order valence-electron chi connectivity index (χ3n) is 5.02. The Labute approximate surface area is 174 Å². The molecule has 0 atom stereocenters. The van der Waals surface area contributed by atoms with Crippen molar-refractivity contribution in [2.75, 3.05) is 37.6 Å². The van der Waals surface area contributed by atoms with Crippen LogP contribution in [-0.2, 0) is 0 Å². The molecule has 0 saturated carbocycles. The summed E-state index contributed by atoms with van der Waals surface area (Å²) in [7, 11) is 0. The standard InChI is InChI=1S/C22H25N3.2ClH/c1-2-12-24-13-15-25(16-14-24)22-17-20(18-8-4-3-5-9-18)19-10-6-7-11-21(19)23-22;;/h3-11,17H,2,12-16H2,1H3;2*1H. The fourth-order valence-electron chi connectivity index (χ4n) is 3.70. The lowest BCUT2D eigenvalue weighted by Gasteiger charge is -2.35. The second-order valence-electron chi connectivity index (χ2n) is 6.74. The van der Waals surface area contributed by atoms with Crippen LogP contribution in [0.5, 0.6) is 0 Å². The Morgan fingerprint density at radius 2 is 1.52 bits per heavy atom. The third kappa shape index (κ3) is 4.73. The largest absolute Gasteiger partial charge is 0.354 e. The van der Waals surface area contributed by atoms with E-state index in [1.807, 2.05) is 0 Å².